The molecule has 1 fully saturated rings. The minimum atomic E-state index is -0.447. The SMILES string of the molecule is COCCNC(=O)C1(C[C@@H]2CC(c3ccc(F)cc3)=NO2)CCNCC1. The lowest BCUT2D eigenvalue weighted by atomic mass is 9.73. The zero-order valence-corrected chi connectivity index (χ0v) is 15.1. The Morgan fingerprint density at radius 1 is 1.38 bits per heavy atom. The van der Waals surface area contributed by atoms with Gasteiger partial charge in [0.15, 0.2) is 0 Å². The van der Waals surface area contributed by atoms with Crippen molar-refractivity contribution in [3.63, 3.8) is 0 Å². The fraction of sp³-hybridized carbons (Fsp3) is 0.579. The Bertz CT molecular complexity index is 642. The van der Waals surface area contributed by atoms with Gasteiger partial charge in [0.25, 0.3) is 0 Å². The molecule has 1 atom stereocenters. The van der Waals surface area contributed by atoms with Crippen molar-refractivity contribution in [3.05, 3.63) is 35.6 Å². The number of piperidine rings is 1. The van der Waals surface area contributed by atoms with Crippen LogP contribution in [-0.4, -0.2) is 51.1 Å². The average molecular weight is 363 g/mol. The highest BCUT2D eigenvalue weighted by Gasteiger charge is 2.43. The van der Waals surface area contributed by atoms with E-state index in [0.29, 0.717) is 26.0 Å². The Hall–Kier alpha value is -1.99. The number of carbonyl (C=O) groups excluding carboxylic acids is 1. The molecule has 1 aromatic carbocycles. The van der Waals surface area contributed by atoms with Crippen LogP contribution in [0.4, 0.5) is 4.39 Å². The molecule has 2 heterocycles. The molecule has 0 spiro atoms. The summed E-state index contributed by atoms with van der Waals surface area (Å²) >= 11 is 0. The predicted molar refractivity (Wildman–Crippen MR) is 96.5 cm³/mol. The van der Waals surface area contributed by atoms with E-state index in [1.165, 1.54) is 12.1 Å². The molecule has 142 valence electrons. The minimum Gasteiger partial charge on any atom is -0.392 e. The monoisotopic (exact) mass is 363 g/mol. The summed E-state index contributed by atoms with van der Waals surface area (Å²) in [6.07, 6.45) is 2.67. The van der Waals surface area contributed by atoms with E-state index in [1.54, 1.807) is 19.2 Å². The molecule has 0 aromatic heterocycles. The number of amides is 1. The number of hydrogen-bond acceptors (Lipinski definition) is 5. The maximum Gasteiger partial charge on any atom is 0.226 e. The number of hydrogen-bond donors (Lipinski definition) is 2. The summed E-state index contributed by atoms with van der Waals surface area (Å²) in [5, 5.41) is 10.5. The summed E-state index contributed by atoms with van der Waals surface area (Å²) in [4.78, 5) is 18.5. The third kappa shape index (κ3) is 4.40. The molecule has 3 rings (SSSR count). The van der Waals surface area contributed by atoms with Gasteiger partial charge in [0.2, 0.25) is 5.91 Å². The van der Waals surface area contributed by atoms with Gasteiger partial charge < -0.3 is 20.2 Å². The quantitative estimate of drug-likeness (QED) is 0.725. The molecular weight excluding hydrogens is 337 g/mol. The van der Waals surface area contributed by atoms with Crippen LogP contribution in [0.3, 0.4) is 0 Å². The number of carbonyl (C=O) groups is 1. The van der Waals surface area contributed by atoms with Gasteiger partial charge in [0, 0.05) is 26.5 Å². The summed E-state index contributed by atoms with van der Waals surface area (Å²) in [6.45, 7) is 2.64. The second-order valence-electron chi connectivity index (χ2n) is 6.96. The average Bonchev–Trinajstić information content (AvgIpc) is 3.11. The first-order valence-electron chi connectivity index (χ1n) is 9.09. The van der Waals surface area contributed by atoms with Gasteiger partial charge in [-0.2, -0.15) is 0 Å². The molecule has 0 bridgehead atoms. The number of methoxy groups -OCH3 is 1. The third-order valence-corrected chi connectivity index (χ3v) is 5.16. The smallest absolute Gasteiger partial charge is 0.226 e. The van der Waals surface area contributed by atoms with Crippen LogP contribution in [0.25, 0.3) is 0 Å². The van der Waals surface area contributed by atoms with Crippen LogP contribution in [0.15, 0.2) is 29.4 Å². The van der Waals surface area contributed by atoms with Gasteiger partial charge in [-0.3, -0.25) is 4.79 Å². The zero-order valence-electron chi connectivity index (χ0n) is 15.1. The van der Waals surface area contributed by atoms with Crippen LogP contribution >= 0.6 is 0 Å². The lowest BCUT2D eigenvalue weighted by molar-refractivity contribution is -0.135. The molecule has 0 radical (unpaired) electrons. The first kappa shape index (κ1) is 18.8. The lowest BCUT2D eigenvalue weighted by Gasteiger charge is -2.37. The van der Waals surface area contributed by atoms with E-state index < -0.39 is 5.41 Å². The maximum atomic E-state index is 13.1. The Morgan fingerprint density at radius 2 is 2.12 bits per heavy atom. The van der Waals surface area contributed by atoms with Crippen molar-refractivity contribution in [1.29, 1.82) is 0 Å². The standard InChI is InChI=1S/C19H26FN3O3/c1-25-11-10-22-18(24)19(6-8-21-9-7-19)13-16-12-17(23-26-16)14-2-4-15(20)5-3-14/h2-5,16,21H,6-13H2,1H3,(H,22,24)/t16-/m0/s1. The predicted octanol–water partition coefficient (Wildman–Crippen LogP) is 1.84. The van der Waals surface area contributed by atoms with Crippen LogP contribution in [0.2, 0.25) is 0 Å². The third-order valence-electron chi connectivity index (χ3n) is 5.16. The van der Waals surface area contributed by atoms with Crippen molar-refractivity contribution in [1.82, 2.24) is 10.6 Å². The highest BCUT2D eigenvalue weighted by molar-refractivity contribution is 6.01. The van der Waals surface area contributed by atoms with Gasteiger partial charge in [-0.05, 0) is 43.6 Å². The molecule has 1 amide bonds. The number of ether oxygens (including phenoxy) is 1. The van der Waals surface area contributed by atoms with E-state index >= 15 is 0 Å². The molecule has 7 heteroatoms. The summed E-state index contributed by atoms with van der Waals surface area (Å²) < 4.78 is 18.1. The van der Waals surface area contributed by atoms with Crippen molar-refractivity contribution in [2.24, 2.45) is 10.6 Å². The molecule has 0 saturated carbocycles. The van der Waals surface area contributed by atoms with Crippen molar-refractivity contribution in [3.8, 4) is 0 Å². The van der Waals surface area contributed by atoms with Crippen molar-refractivity contribution in [2.75, 3.05) is 33.4 Å². The van der Waals surface area contributed by atoms with Crippen LogP contribution in [-0.2, 0) is 14.4 Å². The van der Waals surface area contributed by atoms with Crippen molar-refractivity contribution >= 4 is 11.6 Å². The van der Waals surface area contributed by atoms with Gasteiger partial charge in [-0.15, -0.1) is 0 Å². The Morgan fingerprint density at radius 3 is 2.81 bits per heavy atom. The zero-order chi connectivity index (χ0) is 18.4. The number of nitrogens with one attached hydrogen (secondary N) is 2. The van der Waals surface area contributed by atoms with Crippen LogP contribution < -0.4 is 10.6 Å². The Labute approximate surface area is 153 Å². The molecule has 2 aliphatic heterocycles. The van der Waals surface area contributed by atoms with Gasteiger partial charge in [0.1, 0.15) is 11.9 Å². The minimum absolute atomic E-state index is 0.0647. The van der Waals surface area contributed by atoms with E-state index in [1.807, 2.05) is 0 Å². The van der Waals surface area contributed by atoms with E-state index in [-0.39, 0.29) is 17.8 Å². The molecule has 2 aliphatic rings. The van der Waals surface area contributed by atoms with Crippen molar-refractivity contribution < 1.29 is 18.8 Å². The van der Waals surface area contributed by atoms with Crippen LogP contribution in [0.5, 0.6) is 0 Å². The molecule has 1 saturated heterocycles. The number of benzene rings is 1. The number of rotatable bonds is 7. The molecule has 1 aromatic rings. The van der Waals surface area contributed by atoms with Gasteiger partial charge in [-0.25, -0.2) is 4.39 Å². The Kier molecular flexibility index (Phi) is 6.21. The molecule has 0 unspecified atom stereocenters. The lowest BCUT2D eigenvalue weighted by Crippen LogP contribution is -2.49. The van der Waals surface area contributed by atoms with E-state index in [9.17, 15) is 9.18 Å². The molecule has 2 N–H and O–H groups in total. The fourth-order valence-corrected chi connectivity index (χ4v) is 3.67. The summed E-state index contributed by atoms with van der Waals surface area (Å²) in [7, 11) is 1.62. The Balaban J connectivity index is 1.63. The summed E-state index contributed by atoms with van der Waals surface area (Å²) in [5.41, 5.74) is 1.22. The molecule has 6 nitrogen and oxygen atoms in total. The van der Waals surface area contributed by atoms with Gasteiger partial charge in [0.05, 0.1) is 17.7 Å². The summed E-state index contributed by atoms with van der Waals surface area (Å²) in [5.74, 6) is -0.207. The fourth-order valence-electron chi connectivity index (χ4n) is 3.67. The first-order chi connectivity index (χ1) is 12.6. The maximum absolute atomic E-state index is 13.1. The normalized spacial score (nSPS) is 21.8. The van der Waals surface area contributed by atoms with Crippen LogP contribution in [0.1, 0.15) is 31.2 Å². The largest absolute Gasteiger partial charge is 0.392 e. The van der Waals surface area contributed by atoms with Gasteiger partial charge >= 0.3 is 0 Å². The van der Waals surface area contributed by atoms with E-state index in [2.05, 4.69) is 15.8 Å². The number of nitrogens with zero attached hydrogens (tertiary/aromatic N) is 1. The van der Waals surface area contributed by atoms with Crippen molar-refractivity contribution in [2.45, 2.75) is 31.8 Å². The molecule has 26 heavy (non-hydrogen) atoms. The summed E-state index contributed by atoms with van der Waals surface area (Å²) in [6, 6.07) is 6.25. The molecule has 0 aliphatic carbocycles. The number of oxime groups is 1. The topological polar surface area (TPSA) is 72.0 Å². The molecular formula is C19H26FN3O3. The first-order valence-corrected chi connectivity index (χ1v) is 9.09. The van der Waals surface area contributed by atoms with E-state index in [0.717, 1.165) is 37.2 Å². The number of halogens is 1. The van der Waals surface area contributed by atoms with E-state index in [4.69, 9.17) is 9.57 Å². The van der Waals surface area contributed by atoms with Crippen LogP contribution in [0, 0.1) is 11.2 Å². The highest BCUT2D eigenvalue weighted by atomic mass is 19.1. The second kappa shape index (κ2) is 8.60. The van der Waals surface area contributed by atoms with Gasteiger partial charge in [-0.1, -0.05) is 17.3 Å². The second-order valence-corrected chi connectivity index (χ2v) is 6.96. The highest BCUT2D eigenvalue weighted by Crippen LogP contribution is 2.37.